The second kappa shape index (κ2) is 7.52. The lowest BCUT2D eigenvalue weighted by atomic mass is 9.98. The molecule has 0 radical (unpaired) electrons. The van der Waals surface area contributed by atoms with Crippen molar-refractivity contribution in [3.8, 4) is 0 Å². The summed E-state index contributed by atoms with van der Waals surface area (Å²) in [6, 6.07) is 24.3. The van der Waals surface area contributed by atoms with E-state index in [1.165, 1.54) is 0 Å². The molecule has 0 spiro atoms. The van der Waals surface area contributed by atoms with Gasteiger partial charge in [-0.25, -0.2) is 0 Å². The molecule has 0 aliphatic heterocycles. The number of carbonyl (C=O) groups is 1. The van der Waals surface area contributed by atoms with Gasteiger partial charge in [-0.3, -0.25) is 4.79 Å². The van der Waals surface area contributed by atoms with Gasteiger partial charge in [0.1, 0.15) is 0 Å². The number of carbonyl (C=O) groups excluding carboxylic acids is 1. The average Bonchev–Trinajstić information content (AvgIpc) is 2.63. The van der Waals surface area contributed by atoms with Crippen LogP contribution in [0.25, 0.3) is 0 Å². The Kier molecular flexibility index (Phi) is 5.19. The first kappa shape index (κ1) is 16.6. The van der Waals surface area contributed by atoms with Crippen LogP contribution in [0, 0.1) is 0 Å². The zero-order chi connectivity index (χ0) is 16.9. The van der Waals surface area contributed by atoms with Gasteiger partial charge < -0.3 is 5.32 Å². The Bertz CT molecular complexity index is 795. The molecule has 120 valence electrons. The van der Waals surface area contributed by atoms with Crippen LogP contribution in [0.1, 0.15) is 27.5 Å². The van der Waals surface area contributed by atoms with Crippen LogP contribution in [0.5, 0.6) is 0 Å². The molecule has 0 heterocycles. The van der Waals surface area contributed by atoms with Crippen molar-refractivity contribution < 1.29 is 4.79 Å². The molecule has 0 atom stereocenters. The fourth-order valence-corrected chi connectivity index (χ4v) is 2.80. The van der Waals surface area contributed by atoms with Gasteiger partial charge in [0.2, 0.25) is 0 Å². The van der Waals surface area contributed by atoms with Crippen molar-refractivity contribution in [2.24, 2.45) is 0 Å². The fourth-order valence-electron chi connectivity index (χ4n) is 2.50. The van der Waals surface area contributed by atoms with Gasteiger partial charge in [0, 0.05) is 5.56 Å². The highest BCUT2D eigenvalue weighted by Gasteiger charge is 2.18. The van der Waals surface area contributed by atoms with Gasteiger partial charge in [0.25, 0.3) is 5.91 Å². The van der Waals surface area contributed by atoms with Crippen LogP contribution in [0.3, 0.4) is 0 Å². The van der Waals surface area contributed by atoms with Crippen molar-refractivity contribution >= 4 is 29.1 Å². The molecule has 3 aromatic rings. The molecule has 0 fully saturated rings. The van der Waals surface area contributed by atoms with Crippen molar-refractivity contribution in [1.82, 2.24) is 5.32 Å². The van der Waals surface area contributed by atoms with Crippen LogP contribution in [0.4, 0.5) is 0 Å². The number of halogens is 2. The maximum Gasteiger partial charge on any atom is 0.252 e. The van der Waals surface area contributed by atoms with Gasteiger partial charge in [0.15, 0.2) is 0 Å². The zero-order valence-electron chi connectivity index (χ0n) is 12.7. The highest BCUT2D eigenvalue weighted by atomic mass is 35.5. The smallest absolute Gasteiger partial charge is 0.252 e. The average molecular weight is 356 g/mol. The molecule has 24 heavy (non-hydrogen) atoms. The summed E-state index contributed by atoms with van der Waals surface area (Å²) in [5, 5.41) is 3.86. The van der Waals surface area contributed by atoms with Crippen LogP contribution >= 0.6 is 23.2 Å². The maximum absolute atomic E-state index is 12.7. The molecule has 3 rings (SSSR count). The SMILES string of the molecule is O=C(NC(c1ccccc1)c1ccccc1)c1ccc(Cl)c(Cl)c1. The summed E-state index contributed by atoms with van der Waals surface area (Å²) in [7, 11) is 0. The maximum atomic E-state index is 12.7. The highest BCUT2D eigenvalue weighted by molar-refractivity contribution is 6.42. The third kappa shape index (κ3) is 3.78. The Labute approximate surface area is 151 Å². The van der Waals surface area contributed by atoms with Crippen LogP contribution in [-0.2, 0) is 0 Å². The number of rotatable bonds is 4. The van der Waals surface area contributed by atoms with Crippen molar-refractivity contribution in [3.05, 3.63) is 106 Å². The molecule has 0 aliphatic carbocycles. The van der Waals surface area contributed by atoms with Gasteiger partial charge in [0.05, 0.1) is 16.1 Å². The van der Waals surface area contributed by atoms with E-state index in [4.69, 9.17) is 23.2 Å². The summed E-state index contributed by atoms with van der Waals surface area (Å²) in [5.74, 6) is -0.203. The topological polar surface area (TPSA) is 29.1 Å². The number of hydrogen-bond acceptors (Lipinski definition) is 1. The van der Waals surface area contributed by atoms with Crippen molar-refractivity contribution in [1.29, 1.82) is 0 Å². The zero-order valence-corrected chi connectivity index (χ0v) is 14.3. The van der Waals surface area contributed by atoms with Gasteiger partial charge in [-0.2, -0.15) is 0 Å². The van der Waals surface area contributed by atoms with Crippen LogP contribution < -0.4 is 5.32 Å². The highest BCUT2D eigenvalue weighted by Crippen LogP contribution is 2.25. The summed E-state index contributed by atoms with van der Waals surface area (Å²) in [4.78, 5) is 12.7. The summed E-state index contributed by atoms with van der Waals surface area (Å²) < 4.78 is 0. The Morgan fingerprint density at radius 2 is 1.29 bits per heavy atom. The fraction of sp³-hybridized carbons (Fsp3) is 0.0500. The molecule has 3 aromatic carbocycles. The number of amides is 1. The second-order valence-corrected chi connectivity index (χ2v) is 6.17. The second-order valence-electron chi connectivity index (χ2n) is 5.36. The summed E-state index contributed by atoms with van der Waals surface area (Å²) in [6.45, 7) is 0. The monoisotopic (exact) mass is 355 g/mol. The Morgan fingerprint density at radius 3 is 1.79 bits per heavy atom. The number of hydrogen-bond donors (Lipinski definition) is 1. The third-order valence-corrected chi connectivity index (χ3v) is 4.46. The summed E-state index contributed by atoms with van der Waals surface area (Å²) >= 11 is 11.9. The quantitative estimate of drug-likeness (QED) is 0.656. The molecule has 4 heteroatoms. The van der Waals surface area contributed by atoms with E-state index in [0.29, 0.717) is 15.6 Å². The van der Waals surface area contributed by atoms with Gasteiger partial charge in [-0.15, -0.1) is 0 Å². The van der Waals surface area contributed by atoms with E-state index in [1.807, 2.05) is 60.7 Å². The molecule has 0 bridgehead atoms. The molecule has 1 N–H and O–H groups in total. The van der Waals surface area contributed by atoms with Crippen LogP contribution in [-0.4, -0.2) is 5.91 Å². The van der Waals surface area contributed by atoms with E-state index < -0.39 is 0 Å². The standard InChI is InChI=1S/C20H15Cl2NO/c21-17-12-11-16(13-18(17)22)20(24)23-19(14-7-3-1-4-8-14)15-9-5-2-6-10-15/h1-13,19H,(H,23,24). The molecule has 0 aromatic heterocycles. The van der Waals surface area contributed by atoms with Gasteiger partial charge in [-0.05, 0) is 29.3 Å². The van der Waals surface area contributed by atoms with Crippen LogP contribution in [0.15, 0.2) is 78.9 Å². The molecule has 0 aliphatic rings. The molecular weight excluding hydrogens is 341 g/mol. The third-order valence-electron chi connectivity index (χ3n) is 3.72. The van der Waals surface area contributed by atoms with E-state index in [9.17, 15) is 4.79 Å². The first-order chi connectivity index (χ1) is 11.6. The van der Waals surface area contributed by atoms with Crippen LogP contribution in [0.2, 0.25) is 10.0 Å². The van der Waals surface area contributed by atoms with Crippen molar-refractivity contribution in [2.75, 3.05) is 0 Å². The molecule has 0 saturated carbocycles. The lowest BCUT2D eigenvalue weighted by Crippen LogP contribution is -2.29. The number of nitrogens with one attached hydrogen (secondary N) is 1. The van der Waals surface area contributed by atoms with Gasteiger partial charge in [-0.1, -0.05) is 83.9 Å². The predicted octanol–water partition coefficient (Wildman–Crippen LogP) is 5.51. The first-order valence-corrected chi connectivity index (χ1v) is 8.26. The van der Waals surface area contributed by atoms with Crippen molar-refractivity contribution in [2.45, 2.75) is 6.04 Å². The molecule has 0 saturated heterocycles. The van der Waals surface area contributed by atoms with E-state index in [2.05, 4.69) is 5.32 Å². The molecule has 0 unspecified atom stereocenters. The van der Waals surface area contributed by atoms with E-state index >= 15 is 0 Å². The molecule has 1 amide bonds. The lowest BCUT2D eigenvalue weighted by Gasteiger charge is -2.20. The Morgan fingerprint density at radius 1 is 0.750 bits per heavy atom. The normalized spacial score (nSPS) is 10.6. The minimum atomic E-state index is -0.241. The van der Waals surface area contributed by atoms with Gasteiger partial charge >= 0.3 is 0 Å². The van der Waals surface area contributed by atoms with Crippen molar-refractivity contribution in [3.63, 3.8) is 0 Å². The minimum absolute atomic E-state index is 0.203. The summed E-state index contributed by atoms with van der Waals surface area (Å²) in [6.07, 6.45) is 0. The number of benzene rings is 3. The Balaban J connectivity index is 1.92. The predicted molar refractivity (Wildman–Crippen MR) is 98.7 cm³/mol. The Hall–Kier alpha value is -2.29. The molecular formula is C20H15Cl2NO. The molecule has 2 nitrogen and oxygen atoms in total. The minimum Gasteiger partial charge on any atom is -0.341 e. The first-order valence-electron chi connectivity index (χ1n) is 7.51. The summed E-state index contributed by atoms with van der Waals surface area (Å²) in [5.41, 5.74) is 2.50. The van der Waals surface area contributed by atoms with E-state index in [0.717, 1.165) is 11.1 Å². The van der Waals surface area contributed by atoms with E-state index in [1.54, 1.807) is 18.2 Å². The lowest BCUT2D eigenvalue weighted by molar-refractivity contribution is 0.0943. The largest absolute Gasteiger partial charge is 0.341 e. The van der Waals surface area contributed by atoms with E-state index in [-0.39, 0.29) is 11.9 Å².